The summed E-state index contributed by atoms with van der Waals surface area (Å²) in [4.78, 5) is 20.4. The highest BCUT2D eigenvalue weighted by molar-refractivity contribution is 6.07. The van der Waals surface area contributed by atoms with Gasteiger partial charge >= 0.3 is 0 Å². The summed E-state index contributed by atoms with van der Waals surface area (Å²) in [6.07, 6.45) is 2.26. The van der Waals surface area contributed by atoms with Crippen LogP contribution in [0.1, 0.15) is 37.0 Å². The lowest BCUT2D eigenvalue weighted by atomic mass is 9.92. The minimum atomic E-state index is -0.0722. The number of hydrogen-bond acceptors (Lipinski definition) is 5. The lowest BCUT2D eigenvalue weighted by Crippen LogP contribution is -2.40. The van der Waals surface area contributed by atoms with Crippen molar-refractivity contribution >= 4 is 28.3 Å². The molecule has 0 saturated carbocycles. The van der Waals surface area contributed by atoms with Crippen LogP contribution >= 0.6 is 0 Å². The van der Waals surface area contributed by atoms with Gasteiger partial charge in [-0.15, -0.1) is 0 Å². The van der Waals surface area contributed by atoms with Crippen LogP contribution in [-0.2, 0) is 0 Å². The fraction of sp³-hybridized carbons (Fsp3) is 0.407. The van der Waals surface area contributed by atoms with Gasteiger partial charge in [-0.3, -0.25) is 4.79 Å². The number of anilines is 2. The number of amides is 1. The van der Waals surface area contributed by atoms with Crippen LogP contribution in [-0.4, -0.2) is 49.1 Å². The van der Waals surface area contributed by atoms with E-state index in [4.69, 9.17) is 9.72 Å². The van der Waals surface area contributed by atoms with Gasteiger partial charge in [0.05, 0.1) is 23.9 Å². The standard InChI is InChI=1S/C27H34N4O2/c1-19-15-20(2)18-31(17-19)14-8-13-28-27(32)22-16-26(29-23-10-5-4-9-21(22)23)30-24-11-6-7-12-25(24)33-3/h4-7,9-12,16,19-20H,8,13-15,17-18H2,1-3H3,(H,28,32)(H,29,30)/t19-,20+. The second kappa shape index (κ2) is 10.7. The van der Waals surface area contributed by atoms with Crippen LogP contribution in [0.5, 0.6) is 5.75 Å². The molecule has 0 spiro atoms. The van der Waals surface area contributed by atoms with E-state index in [-0.39, 0.29) is 5.91 Å². The van der Waals surface area contributed by atoms with Crippen LogP contribution in [0.2, 0.25) is 0 Å². The third-order valence-corrected chi connectivity index (χ3v) is 6.21. The maximum absolute atomic E-state index is 13.1. The summed E-state index contributed by atoms with van der Waals surface area (Å²) in [7, 11) is 1.64. The third kappa shape index (κ3) is 5.82. The van der Waals surface area contributed by atoms with Crippen molar-refractivity contribution in [2.45, 2.75) is 26.7 Å². The molecule has 0 radical (unpaired) electrons. The number of pyridine rings is 1. The molecule has 4 rings (SSSR count). The first kappa shape index (κ1) is 23.1. The monoisotopic (exact) mass is 446 g/mol. The molecule has 0 bridgehead atoms. The zero-order valence-corrected chi connectivity index (χ0v) is 19.8. The molecular formula is C27H34N4O2. The predicted molar refractivity (Wildman–Crippen MR) is 134 cm³/mol. The number of aromatic nitrogens is 1. The Labute approximate surface area is 196 Å². The number of methoxy groups -OCH3 is 1. The van der Waals surface area contributed by atoms with Gasteiger partial charge in [-0.05, 0) is 55.5 Å². The lowest BCUT2D eigenvalue weighted by molar-refractivity contribution is 0.0949. The van der Waals surface area contributed by atoms with Crippen LogP contribution in [0, 0.1) is 11.8 Å². The summed E-state index contributed by atoms with van der Waals surface area (Å²) >= 11 is 0. The van der Waals surface area contributed by atoms with Crippen LogP contribution in [0.4, 0.5) is 11.5 Å². The van der Waals surface area contributed by atoms with E-state index in [1.54, 1.807) is 7.11 Å². The van der Waals surface area contributed by atoms with E-state index < -0.39 is 0 Å². The van der Waals surface area contributed by atoms with E-state index in [0.717, 1.165) is 60.2 Å². The first-order valence-electron chi connectivity index (χ1n) is 11.8. The molecule has 1 aliphatic heterocycles. The van der Waals surface area contributed by atoms with Gasteiger partial charge in [-0.1, -0.05) is 44.2 Å². The van der Waals surface area contributed by atoms with Crippen LogP contribution in [0.25, 0.3) is 10.9 Å². The Balaban J connectivity index is 1.45. The number of piperidine rings is 1. The summed E-state index contributed by atoms with van der Waals surface area (Å²) in [5.74, 6) is 2.76. The van der Waals surface area contributed by atoms with Crippen LogP contribution in [0.3, 0.4) is 0 Å². The van der Waals surface area contributed by atoms with Gasteiger partial charge in [0.1, 0.15) is 11.6 Å². The first-order valence-corrected chi connectivity index (χ1v) is 11.8. The van der Waals surface area contributed by atoms with Gasteiger partial charge in [0.15, 0.2) is 0 Å². The second-order valence-electron chi connectivity index (χ2n) is 9.21. The number of nitrogens with zero attached hydrogens (tertiary/aromatic N) is 2. The van der Waals surface area contributed by atoms with E-state index in [0.29, 0.717) is 17.9 Å². The minimum absolute atomic E-state index is 0.0722. The van der Waals surface area contributed by atoms with Crippen molar-refractivity contribution in [1.82, 2.24) is 15.2 Å². The second-order valence-corrected chi connectivity index (χ2v) is 9.21. The number of likely N-dealkylation sites (tertiary alicyclic amines) is 1. The maximum Gasteiger partial charge on any atom is 0.252 e. The van der Waals surface area contributed by atoms with Crippen molar-refractivity contribution in [2.75, 3.05) is 38.6 Å². The van der Waals surface area contributed by atoms with Gasteiger partial charge in [0, 0.05) is 25.0 Å². The molecule has 2 aromatic carbocycles. The highest BCUT2D eigenvalue weighted by Gasteiger charge is 2.21. The summed E-state index contributed by atoms with van der Waals surface area (Å²) in [5.41, 5.74) is 2.20. The summed E-state index contributed by atoms with van der Waals surface area (Å²) < 4.78 is 5.44. The average molecular weight is 447 g/mol. The maximum atomic E-state index is 13.1. The molecule has 174 valence electrons. The number of carbonyl (C=O) groups excluding carboxylic acids is 1. The number of hydrogen-bond donors (Lipinski definition) is 2. The fourth-order valence-electron chi connectivity index (χ4n) is 4.89. The van der Waals surface area contributed by atoms with E-state index in [1.165, 1.54) is 6.42 Å². The largest absolute Gasteiger partial charge is 0.495 e. The van der Waals surface area contributed by atoms with Crippen molar-refractivity contribution in [3.63, 3.8) is 0 Å². The lowest BCUT2D eigenvalue weighted by Gasteiger charge is -2.34. The van der Waals surface area contributed by atoms with Gasteiger partial charge < -0.3 is 20.3 Å². The summed E-state index contributed by atoms with van der Waals surface area (Å²) in [5, 5.41) is 7.27. The van der Waals surface area contributed by atoms with E-state index in [2.05, 4.69) is 29.4 Å². The molecule has 1 saturated heterocycles. The van der Waals surface area contributed by atoms with Crippen molar-refractivity contribution in [3.05, 3.63) is 60.2 Å². The molecule has 2 N–H and O–H groups in total. The molecule has 6 heteroatoms. The number of fused-ring (bicyclic) bond motifs is 1. The number of rotatable bonds is 8. The number of para-hydroxylation sites is 3. The number of benzene rings is 2. The van der Waals surface area contributed by atoms with E-state index in [9.17, 15) is 4.79 Å². The first-order chi connectivity index (χ1) is 16.0. The normalized spacial score (nSPS) is 18.8. The molecule has 2 heterocycles. The molecule has 1 aromatic heterocycles. The topological polar surface area (TPSA) is 66.5 Å². The number of nitrogens with one attached hydrogen (secondary N) is 2. The van der Waals surface area contributed by atoms with Gasteiger partial charge in [0.25, 0.3) is 5.91 Å². The molecule has 1 aliphatic rings. The molecule has 3 aromatic rings. The quantitative estimate of drug-likeness (QED) is 0.472. The number of ether oxygens (including phenoxy) is 1. The zero-order valence-electron chi connectivity index (χ0n) is 19.8. The average Bonchev–Trinajstić information content (AvgIpc) is 2.81. The molecule has 33 heavy (non-hydrogen) atoms. The van der Waals surface area contributed by atoms with Crippen molar-refractivity contribution in [1.29, 1.82) is 0 Å². The Bertz CT molecular complexity index is 1090. The SMILES string of the molecule is COc1ccccc1Nc1cc(C(=O)NCCCN2C[C@H](C)C[C@H](C)C2)c2ccccc2n1. The Morgan fingerprint density at radius 1 is 1.09 bits per heavy atom. The minimum Gasteiger partial charge on any atom is -0.495 e. The Morgan fingerprint density at radius 2 is 1.82 bits per heavy atom. The van der Waals surface area contributed by atoms with Crippen molar-refractivity contribution in [3.8, 4) is 5.75 Å². The Kier molecular flexibility index (Phi) is 7.45. The third-order valence-electron chi connectivity index (χ3n) is 6.21. The van der Waals surface area contributed by atoms with Crippen LogP contribution < -0.4 is 15.4 Å². The van der Waals surface area contributed by atoms with E-state index >= 15 is 0 Å². The van der Waals surface area contributed by atoms with E-state index in [1.807, 2.05) is 54.6 Å². The zero-order chi connectivity index (χ0) is 23.2. The molecule has 0 aliphatic carbocycles. The van der Waals surface area contributed by atoms with Gasteiger partial charge in [-0.2, -0.15) is 0 Å². The highest BCUT2D eigenvalue weighted by Crippen LogP contribution is 2.28. The fourth-order valence-corrected chi connectivity index (χ4v) is 4.89. The molecule has 1 fully saturated rings. The number of carbonyl (C=O) groups is 1. The Hall–Kier alpha value is -3.12. The van der Waals surface area contributed by atoms with Crippen molar-refractivity contribution in [2.24, 2.45) is 11.8 Å². The summed E-state index contributed by atoms with van der Waals surface area (Å²) in [6, 6.07) is 17.2. The van der Waals surface area contributed by atoms with Gasteiger partial charge in [-0.25, -0.2) is 4.98 Å². The Morgan fingerprint density at radius 3 is 2.61 bits per heavy atom. The molecule has 2 atom stereocenters. The molecule has 6 nitrogen and oxygen atoms in total. The molecular weight excluding hydrogens is 412 g/mol. The molecule has 1 amide bonds. The molecule has 0 unspecified atom stereocenters. The van der Waals surface area contributed by atoms with Crippen LogP contribution in [0.15, 0.2) is 54.6 Å². The predicted octanol–water partition coefficient (Wildman–Crippen LogP) is 5.08. The van der Waals surface area contributed by atoms with Crippen molar-refractivity contribution < 1.29 is 9.53 Å². The smallest absolute Gasteiger partial charge is 0.252 e. The van der Waals surface area contributed by atoms with Gasteiger partial charge in [0.2, 0.25) is 0 Å². The summed E-state index contributed by atoms with van der Waals surface area (Å²) in [6.45, 7) is 8.65. The highest BCUT2D eigenvalue weighted by atomic mass is 16.5.